The van der Waals surface area contributed by atoms with Crippen molar-refractivity contribution in [3.8, 4) is 0 Å². The molecule has 8 heteroatoms. The number of anilines is 1. The molecule has 1 aromatic heterocycles. The van der Waals surface area contributed by atoms with Crippen LogP contribution in [-0.2, 0) is 20.4 Å². The molecule has 0 N–H and O–H groups in total. The lowest BCUT2D eigenvalue weighted by molar-refractivity contribution is -0.130. The van der Waals surface area contributed by atoms with Crippen molar-refractivity contribution in [2.45, 2.75) is 63.4 Å². The van der Waals surface area contributed by atoms with Gasteiger partial charge in [-0.05, 0) is 31.1 Å². The van der Waals surface area contributed by atoms with Gasteiger partial charge in [0.25, 0.3) is 0 Å². The Kier molecular flexibility index (Phi) is 5.57. The summed E-state index contributed by atoms with van der Waals surface area (Å²) in [5.41, 5.74) is 1.55. The minimum Gasteiger partial charge on any atom is -0.341 e. The zero-order valence-electron chi connectivity index (χ0n) is 17.7. The van der Waals surface area contributed by atoms with E-state index in [-0.39, 0.29) is 17.6 Å². The molecule has 4 rings (SSSR count). The summed E-state index contributed by atoms with van der Waals surface area (Å²) in [6, 6.07) is 0. The van der Waals surface area contributed by atoms with E-state index in [0.29, 0.717) is 42.9 Å². The van der Waals surface area contributed by atoms with Gasteiger partial charge in [0.2, 0.25) is 11.9 Å². The number of fused-ring (bicyclic) bond motifs is 3. The molecule has 0 bridgehead atoms. The van der Waals surface area contributed by atoms with Gasteiger partial charge in [-0.2, -0.15) is 0 Å². The second-order valence-electron chi connectivity index (χ2n) is 9.46. The Hall–Kier alpha value is -1.70. The Morgan fingerprint density at radius 2 is 2.07 bits per heavy atom. The number of aromatic nitrogens is 2. The molecular formula is C21H32N4O3S. The average Bonchev–Trinajstić information content (AvgIpc) is 3.13. The molecule has 2 saturated heterocycles. The SMILES string of the molecule is CC(C)CCC(=O)N1C[C@H]2c3nc(N4CCCC(C)C4)ncc3CS(=O)(=O)[C@H]2C1. The first-order valence-corrected chi connectivity index (χ1v) is 12.6. The van der Waals surface area contributed by atoms with Crippen LogP contribution in [0.25, 0.3) is 0 Å². The van der Waals surface area contributed by atoms with Crippen molar-refractivity contribution in [3.63, 3.8) is 0 Å². The highest BCUT2D eigenvalue weighted by Gasteiger charge is 2.48. The average molecular weight is 421 g/mol. The molecule has 0 aromatic carbocycles. The van der Waals surface area contributed by atoms with Crippen LogP contribution in [0, 0.1) is 11.8 Å². The van der Waals surface area contributed by atoms with Crippen molar-refractivity contribution in [2.24, 2.45) is 11.8 Å². The number of hydrogen-bond donors (Lipinski definition) is 0. The fraction of sp³-hybridized carbons (Fsp3) is 0.762. The van der Waals surface area contributed by atoms with E-state index < -0.39 is 15.1 Å². The minimum absolute atomic E-state index is 0.0196. The van der Waals surface area contributed by atoms with Crippen molar-refractivity contribution >= 4 is 21.7 Å². The number of rotatable bonds is 4. The van der Waals surface area contributed by atoms with E-state index >= 15 is 0 Å². The number of nitrogens with zero attached hydrogens (tertiary/aromatic N) is 4. The fourth-order valence-electron chi connectivity index (χ4n) is 4.86. The molecule has 1 unspecified atom stereocenters. The first-order valence-electron chi connectivity index (χ1n) is 10.8. The second kappa shape index (κ2) is 7.85. The number of carbonyl (C=O) groups excluding carboxylic acids is 1. The lowest BCUT2D eigenvalue weighted by Crippen LogP contribution is -2.38. The summed E-state index contributed by atoms with van der Waals surface area (Å²) in [5.74, 6) is 1.57. The Balaban J connectivity index is 1.60. The summed E-state index contributed by atoms with van der Waals surface area (Å²) < 4.78 is 25.8. The van der Waals surface area contributed by atoms with E-state index in [1.165, 1.54) is 6.42 Å². The van der Waals surface area contributed by atoms with Crippen LogP contribution in [0.5, 0.6) is 0 Å². The Morgan fingerprint density at radius 1 is 1.28 bits per heavy atom. The van der Waals surface area contributed by atoms with Crippen molar-refractivity contribution in [3.05, 3.63) is 17.5 Å². The molecular weight excluding hydrogens is 388 g/mol. The Bertz CT molecular complexity index is 886. The summed E-state index contributed by atoms with van der Waals surface area (Å²) in [7, 11) is -3.31. The zero-order chi connectivity index (χ0) is 20.8. The van der Waals surface area contributed by atoms with Crippen molar-refractivity contribution < 1.29 is 13.2 Å². The highest BCUT2D eigenvalue weighted by atomic mass is 32.2. The monoisotopic (exact) mass is 420 g/mol. The van der Waals surface area contributed by atoms with Gasteiger partial charge in [0.15, 0.2) is 9.84 Å². The van der Waals surface area contributed by atoms with Crippen LogP contribution in [0.3, 0.4) is 0 Å². The van der Waals surface area contributed by atoms with Gasteiger partial charge < -0.3 is 9.80 Å². The molecule has 160 valence electrons. The molecule has 3 aliphatic heterocycles. The number of likely N-dealkylation sites (tertiary alicyclic amines) is 1. The smallest absolute Gasteiger partial charge is 0.225 e. The van der Waals surface area contributed by atoms with Gasteiger partial charge in [-0.3, -0.25) is 4.79 Å². The van der Waals surface area contributed by atoms with Crippen LogP contribution in [0.1, 0.15) is 63.6 Å². The summed E-state index contributed by atoms with van der Waals surface area (Å²) in [6.07, 6.45) is 5.35. The number of carbonyl (C=O) groups is 1. The van der Waals surface area contributed by atoms with Gasteiger partial charge in [0.1, 0.15) is 0 Å². The van der Waals surface area contributed by atoms with Gasteiger partial charge in [-0.1, -0.05) is 20.8 Å². The third-order valence-electron chi connectivity index (χ3n) is 6.55. The number of sulfone groups is 1. The number of piperidine rings is 1. The molecule has 29 heavy (non-hydrogen) atoms. The maximum Gasteiger partial charge on any atom is 0.225 e. The van der Waals surface area contributed by atoms with Crippen LogP contribution in [0.4, 0.5) is 5.95 Å². The molecule has 3 aliphatic rings. The lowest BCUT2D eigenvalue weighted by atomic mass is 9.99. The van der Waals surface area contributed by atoms with Crippen LogP contribution >= 0.6 is 0 Å². The summed E-state index contributed by atoms with van der Waals surface area (Å²) >= 11 is 0. The van der Waals surface area contributed by atoms with Crippen LogP contribution in [-0.4, -0.2) is 60.6 Å². The van der Waals surface area contributed by atoms with Crippen LogP contribution in [0.15, 0.2) is 6.20 Å². The van der Waals surface area contributed by atoms with E-state index in [0.717, 1.165) is 31.6 Å². The first-order chi connectivity index (χ1) is 13.7. The zero-order valence-corrected chi connectivity index (χ0v) is 18.5. The van der Waals surface area contributed by atoms with E-state index in [1.807, 2.05) is 0 Å². The van der Waals surface area contributed by atoms with Crippen molar-refractivity contribution in [1.82, 2.24) is 14.9 Å². The van der Waals surface area contributed by atoms with Gasteiger partial charge >= 0.3 is 0 Å². The number of hydrogen-bond acceptors (Lipinski definition) is 6. The van der Waals surface area contributed by atoms with E-state index in [2.05, 4.69) is 30.7 Å². The van der Waals surface area contributed by atoms with Gasteiger partial charge in [0, 0.05) is 50.3 Å². The normalized spacial score (nSPS) is 28.3. The predicted molar refractivity (Wildman–Crippen MR) is 112 cm³/mol. The largest absolute Gasteiger partial charge is 0.341 e. The topological polar surface area (TPSA) is 83.5 Å². The maximum absolute atomic E-state index is 12.9. The van der Waals surface area contributed by atoms with Crippen molar-refractivity contribution in [1.29, 1.82) is 0 Å². The predicted octanol–water partition coefficient (Wildman–Crippen LogP) is 2.37. The van der Waals surface area contributed by atoms with E-state index in [9.17, 15) is 13.2 Å². The summed E-state index contributed by atoms with van der Waals surface area (Å²) in [5, 5.41) is -0.541. The quantitative estimate of drug-likeness (QED) is 0.744. The highest BCUT2D eigenvalue weighted by Crippen LogP contribution is 2.40. The third kappa shape index (κ3) is 4.13. The molecule has 7 nitrogen and oxygen atoms in total. The number of amides is 1. The van der Waals surface area contributed by atoms with Crippen LogP contribution < -0.4 is 4.90 Å². The van der Waals surface area contributed by atoms with Crippen molar-refractivity contribution in [2.75, 3.05) is 31.1 Å². The molecule has 0 aliphatic carbocycles. The van der Waals surface area contributed by atoms with E-state index in [1.54, 1.807) is 11.1 Å². The molecule has 0 spiro atoms. The standard InChI is InChI=1S/C21H32N4O3S/c1-14(2)6-7-19(26)25-11-17-18(12-25)29(27,28)13-16-9-22-21(23-20(16)17)24-8-4-5-15(3)10-24/h9,14-15,17-18H,4-8,10-13H2,1-3H3/t15?,17-,18+/m1/s1. The molecule has 3 atom stereocenters. The molecule has 0 radical (unpaired) electrons. The molecule has 1 aromatic rings. The summed E-state index contributed by atoms with van der Waals surface area (Å²) in [6.45, 7) is 9.05. The highest BCUT2D eigenvalue weighted by molar-refractivity contribution is 7.91. The maximum atomic E-state index is 12.9. The van der Waals surface area contributed by atoms with E-state index in [4.69, 9.17) is 4.98 Å². The Morgan fingerprint density at radius 3 is 2.79 bits per heavy atom. The first kappa shape index (κ1) is 20.6. The molecule has 2 fully saturated rings. The lowest BCUT2D eigenvalue weighted by Gasteiger charge is -2.32. The van der Waals surface area contributed by atoms with Crippen LogP contribution in [0.2, 0.25) is 0 Å². The second-order valence-corrected chi connectivity index (χ2v) is 11.7. The molecule has 4 heterocycles. The van der Waals surface area contributed by atoms with Gasteiger partial charge in [-0.15, -0.1) is 0 Å². The third-order valence-corrected chi connectivity index (χ3v) is 8.66. The Labute approximate surface area is 173 Å². The van der Waals surface area contributed by atoms with Gasteiger partial charge in [-0.25, -0.2) is 18.4 Å². The molecule has 0 saturated carbocycles. The van der Waals surface area contributed by atoms with Gasteiger partial charge in [0.05, 0.1) is 16.7 Å². The summed E-state index contributed by atoms with van der Waals surface area (Å²) in [4.78, 5) is 26.0. The molecule has 1 amide bonds. The minimum atomic E-state index is -3.31. The fourth-order valence-corrected chi connectivity index (χ4v) is 6.86.